The third-order valence-corrected chi connectivity index (χ3v) is 5.67. The van der Waals surface area contributed by atoms with Gasteiger partial charge in [0.25, 0.3) is 0 Å². The lowest BCUT2D eigenvalue weighted by molar-refractivity contribution is -0.144. The minimum Gasteiger partial charge on any atom is -0.480 e. The lowest BCUT2D eigenvalue weighted by Gasteiger charge is -2.30. The third kappa shape index (κ3) is 7.03. The van der Waals surface area contributed by atoms with E-state index in [0.717, 1.165) is 61.0 Å². The monoisotopic (exact) mass is 496 g/mol. The number of aliphatic carboxylic acids is 1. The van der Waals surface area contributed by atoms with Gasteiger partial charge in [-0.15, -0.1) is 0 Å². The molecule has 1 atom stereocenters. The SMILES string of the molecule is CBr.O=C(O)C1(CCCCCCCCCC(F)F)C=CC2=COc3ccccc3C2=C1. The van der Waals surface area contributed by atoms with E-state index >= 15 is 0 Å². The highest BCUT2D eigenvalue weighted by molar-refractivity contribution is 9.08. The van der Waals surface area contributed by atoms with E-state index in [0.29, 0.717) is 12.8 Å². The summed E-state index contributed by atoms with van der Waals surface area (Å²) in [5.41, 5.74) is 1.72. The Morgan fingerprint density at radius 1 is 1.06 bits per heavy atom. The van der Waals surface area contributed by atoms with Crippen LogP contribution >= 0.6 is 15.9 Å². The molecule has 170 valence electrons. The molecule has 2 aliphatic rings. The fourth-order valence-corrected chi connectivity index (χ4v) is 3.97. The Bertz CT molecular complexity index is 817. The average molecular weight is 497 g/mol. The van der Waals surface area contributed by atoms with Crippen molar-refractivity contribution in [1.82, 2.24) is 0 Å². The van der Waals surface area contributed by atoms with Crippen molar-refractivity contribution < 1.29 is 23.4 Å². The number of allylic oxidation sites excluding steroid dienone is 3. The van der Waals surface area contributed by atoms with E-state index in [4.69, 9.17) is 4.74 Å². The number of para-hydroxylation sites is 1. The highest BCUT2D eigenvalue weighted by Crippen LogP contribution is 2.44. The molecule has 0 saturated carbocycles. The van der Waals surface area contributed by atoms with Crippen LogP contribution in [0.4, 0.5) is 8.78 Å². The Morgan fingerprint density at radius 3 is 2.39 bits per heavy atom. The zero-order chi connectivity index (χ0) is 22.7. The molecule has 6 heteroatoms. The second-order valence-corrected chi connectivity index (χ2v) is 7.83. The maximum Gasteiger partial charge on any atom is 0.317 e. The number of benzene rings is 1. The number of hydrogen-bond acceptors (Lipinski definition) is 2. The molecular weight excluding hydrogens is 466 g/mol. The van der Waals surface area contributed by atoms with E-state index in [-0.39, 0.29) is 6.42 Å². The highest BCUT2D eigenvalue weighted by atomic mass is 79.9. The van der Waals surface area contributed by atoms with Gasteiger partial charge in [-0.05, 0) is 30.3 Å². The number of alkyl halides is 3. The summed E-state index contributed by atoms with van der Waals surface area (Å²) in [4.78, 5) is 12.1. The summed E-state index contributed by atoms with van der Waals surface area (Å²) in [7, 11) is 0. The predicted octanol–water partition coefficient (Wildman–Crippen LogP) is 7.77. The summed E-state index contributed by atoms with van der Waals surface area (Å²) in [6.07, 6.45) is 11.7. The topological polar surface area (TPSA) is 46.5 Å². The quantitative estimate of drug-likeness (QED) is 0.251. The summed E-state index contributed by atoms with van der Waals surface area (Å²) >= 11 is 2.94. The molecule has 0 bridgehead atoms. The van der Waals surface area contributed by atoms with Gasteiger partial charge >= 0.3 is 5.97 Å². The van der Waals surface area contributed by atoms with Gasteiger partial charge in [-0.1, -0.05) is 90.9 Å². The Kier molecular flexibility index (Phi) is 10.4. The van der Waals surface area contributed by atoms with Crippen LogP contribution in [-0.4, -0.2) is 23.3 Å². The molecule has 1 unspecified atom stereocenters. The van der Waals surface area contributed by atoms with Crippen molar-refractivity contribution in [3.05, 3.63) is 59.9 Å². The first-order chi connectivity index (χ1) is 15.0. The van der Waals surface area contributed by atoms with Gasteiger partial charge in [0.05, 0.1) is 6.26 Å². The van der Waals surface area contributed by atoms with Gasteiger partial charge in [0.2, 0.25) is 6.43 Å². The summed E-state index contributed by atoms with van der Waals surface area (Å²) in [5, 5.41) is 9.96. The number of halogens is 3. The van der Waals surface area contributed by atoms with Crippen LogP contribution in [0.15, 0.2) is 54.3 Å². The standard InChI is InChI=1S/C24H28F2O3.CH3Br/c25-22(26)12-6-4-2-1-3-5-9-14-24(23(27)28)15-13-18-17-29-21-11-8-7-10-19(21)20(18)16-24;1-2/h7-8,10-11,13,15-17,22H,1-6,9,12,14H2,(H,27,28);1H3. The van der Waals surface area contributed by atoms with Crippen molar-refractivity contribution in [3.63, 3.8) is 0 Å². The van der Waals surface area contributed by atoms with E-state index in [1.165, 1.54) is 0 Å². The van der Waals surface area contributed by atoms with E-state index < -0.39 is 17.8 Å². The van der Waals surface area contributed by atoms with Gasteiger partial charge in [0.1, 0.15) is 11.2 Å². The largest absolute Gasteiger partial charge is 0.480 e. The first kappa shape index (κ1) is 25.3. The Balaban J connectivity index is 0.00000166. The number of rotatable bonds is 11. The number of carboxylic acid groups (broad SMARTS) is 1. The minimum atomic E-state index is -2.20. The highest BCUT2D eigenvalue weighted by Gasteiger charge is 2.37. The molecule has 0 aromatic heterocycles. The van der Waals surface area contributed by atoms with Crippen molar-refractivity contribution in [2.24, 2.45) is 5.41 Å². The molecule has 1 aromatic rings. The molecule has 0 saturated heterocycles. The molecule has 1 aliphatic heterocycles. The maximum absolute atomic E-state index is 12.1. The molecule has 1 aromatic carbocycles. The van der Waals surface area contributed by atoms with Gasteiger partial charge in [-0.2, -0.15) is 0 Å². The second kappa shape index (κ2) is 12.8. The fourth-order valence-electron chi connectivity index (χ4n) is 3.97. The summed E-state index contributed by atoms with van der Waals surface area (Å²) < 4.78 is 29.9. The van der Waals surface area contributed by atoms with Gasteiger partial charge in [0, 0.05) is 17.6 Å². The molecule has 1 heterocycles. The molecule has 0 fully saturated rings. The number of carbonyl (C=O) groups is 1. The van der Waals surface area contributed by atoms with Crippen molar-refractivity contribution >= 4 is 27.5 Å². The molecule has 31 heavy (non-hydrogen) atoms. The van der Waals surface area contributed by atoms with Crippen LogP contribution in [0.1, 0.15) is 63.4 Å². The predicted molar refractivity (Wildman–Crippen MR) is 125 cm³/mol. The lowest BCUT2D eigenvalue weighted by atomic mass is 9.74. The lowest BCUT2D eigenvalue weighted by Crippen LogP contribution is -2.29. The molecule has 0 spiro atoms. The molecule has 0 radical (unpaired) electrons. The van der Waals surface area contributed by atoms with E-state index in [9.17, 15) is 18.7 Å². The van der Waals surface area contributed by atoms with Crippen LogP contribution < -0.4 is 4.74 Å². The average Bonchev–Trinajstić information content (AvgIpc) is 2.78. The number of fused-ring (bicyclic) bond motifs is 3. The third-order valence-electron chi connectivity index (χ3n) is 5.67. The zero-order valence-corrected chi connectivity index (χ0v) is 19.5. The molecule has 3 nitrogen and oxygen atoms in total. The number of unbranched alkanes of at least 4 members (excludes halogenated alkanes) is 6. The first-order valence-corrected chi connectivity index (χ1v) is 12.4. The van der Waals surface area contributed by atoms with Crippen LogP contribution in [0.2, 0.25) is 0 Å². The smallest absolute Gasteiger partial charge is 0.317 e. The normalized spacial score (nSPS) is 18.7. The summed E-state index contributed by atoms with van der Waals surface area (Å²) in [6, 6.07) is 7.66. The van der Waals surface area contributed by atoms with Crippen LogP contribution in [0.3, 0.4) is 0 Å². The van der Waals surface area contributed by atoms with Crippen molar-refractivity contribution in [1.29, 1.82) is 0 Å². The Morgan fingerprint density at radius 2 is 1.71 bits per heavy atom. The van der Waals surface area contributed by atoms with E-state index in [1.807, 2.05) is 42.3 Å². The number of carboxylic acids is 1. The molecule has 0 amide bonds. The van der Waals surface area contributed by atoms with E-state index in [2.05, 4.69) is 15.9 Å². The van der Waals surface area contributed by atoms with Crippen LogP contribution in [0.5, 0.6) is 5.75 Å². The summed E-state index contributed by atoms with van der Waals surface area (Å²) in [6.45, 7) is 0. The molecular formula is C25H31BrF2O3. The minimum absolute atomic E-state index is 0.00720. The fraction of sp³-hybridized carbons (Fsp3) is 0.480. The van der Waals surface area contributed by atoms with Crippen molar-refractivity contribution in [2.75, 3.05) is 5.83 Å². The van der Waals surface area contributed by atoms with Crippen LogP contribution in [0, 0.1) is 5.41 Å². The van der Waals surface area contributed by atoms with Gasteiger partial charge in [-0.25, -0.2) is 8.78 Å². The van der Waals surface area contributed by atoms with Gasteiger partial charge in [-0.3, -0.25) is 4.79 Å². The molecule has 1 aliphatic carbocycles. The van der Waals surface area contributed by atoms with Crippen LogP contribution in [-0.2, 0) is 4.79 Å². The van der Waals surface area contributed by atoms with E-state index in [1.54, 1.807) is 12.3 Å². The first-order valence-electron chi connectivity index (χ1n) is 10.8. The molecule has 3 rings (SSSR count). The Hall–Kier alpha value is -1.95. The van der Waals surface area contributed by atoms with Crippen molar-refractivity contribution in [2.45, 2.75) is 64.2 Å². The van der Waals surface area contributed by atoms with Gasteiger partial charge in [0.15, 0.2) is 0 Å². The Labute approximate surface area is 192 Å². The zero-order valence-electron chi connectivity index (χ0n) is 18.0. The number of ether oxygens (including phenoxy) is 1. The maximum atomic E-state index is 12.1. The van der Waals surface area contributed by atoms with Crippen LogP contribution in [0.25, 0.3) is 5.57 Å². The van der Waals surface area contributed by atoms with Crippen molar-refractivity contribution in [3.8, 4) is 5.75 Å². The number of hydrogen-bond donors (Lipinski definition) is 1. The summed E-state index contributed by atoms with van der Waals surface area (Å²) in [5.74, 6) is 1.72. The molecule has 1 N–H and O–H groups in total. The second-order valence-electron chi connectivity index (χ2n) is 7.83. The van der Waals surface area contributed by atoms with Gasteiger partial charge < -0.3 is 9.84 Å².